The van der Waals surface area contributed by atoms with Gasteiger partial charge in [-0.3, -0.25) is 9.11 Å². The third-order valence-corrected chi connectivity index (χ3v) is 2.79. The van der Waals surface area contributed by atoms with Gasteiger partial charge < -0.3 is 20.7 Å². The van der Waals surface area contributed by atoms with Crippen LogP contribution in [-0.4, -0.2) is 133 Å². The van der Waals surface area contributed by atoms with Crippen molar-refractivity contribution in [3.05, 3.63) is 0 Å². The summed E-state index contributed by atoms with van der Waals surface area (Å²) in [4.78, 5) is 10.4. The molecule has 22 heavy (non-hydrogen) atoms. The number of rotatable bonds is 9. The molecule has 4 atom stereocenters. The van der Waals surface area contributed by atoms with Crippen LogP contribution in [0.25, 0.3) is 0 Å². The van der Waals surface area contributed by atoms with Crippen molar-refractivity contribution in [2.24, 2.45) is 5.73 Å². The molecule has 0 aliphatic heterocycles. The van der Waals surface area contributed by atoms with Crippen molar-refractivity contribution in [2.75, 3.05) is 6.61 Å². The number of carbonyl (C=O) groups excluding carboxylic acids is 1. The van der Waals surface area contributed by atoms with Crippen LogP contribution in [0.2, 0.25) is 0 Å². The molecule has 0 heterocycles. The van der Waals surface area contributed by atoms with E-state index >= 15 is 0 Å². The van der Waals surface area contributed by atoms with Crippen molar-refractivity contribution in [1.29, 1.82) is 0 Å². The van der Waals surface area contributed by atoms with Gasteiger partial charge in [-0.25, -0.2) is 8.37 Å². The van der Waals surface area contributed by atoms with Crippen LogP contribution in [0, 0.1) is 0 Å². The van der Waals surface area contributed by atoms with E-state index in [4.69, 9.17) is 14.8 Å². The van der Waals surface area contributed by atoms with E-state index in [-0.39, 0.29) is 65.4 Å². The van der Waals surface area contributed by atoms with Crippen LogP contribution >= 0.6 is 0 Å². The largest absolute Gasteiger partial charge is 0.397 e. The van der Waals surface area contributed by atoms with Gasteiger partial charge >= 0.3 is 20.8 Å². The molecule has 0 spiro atoms. The summed E-state index contributed by atoms with van der Waals surface area (Å²) < 4.78 is 65.8. The predicted octanol–water partition coefficient (Wildman–Crippen LogP) is -4.52. The summed E-state index contributed by atoms with van der Waals surface area (Å²) >= 11 is 0. The van der Waals surface area contributed by atoms with E-state index in [1.165, 1.54) is 0 Å². The summed E-state index contributed by atoms with van der Waals surface area (Å²) in [6.45, 7) is -1.18. The Bertz CT molecular complexity index is 523. The first-order chi connectivity index (χ1) is 8.87. The van der Waals surface area contributed by atoms with E-state index < -0.39 is 51.8 Å². The molecular formula is C6H13NNa2O11S2. The van der Waals surface area contributed by atoms with E-state index in [9.17, 15) is 31.8 Å². The summed E-state index contributed by atoms with van der Waals surface area (Å²) in [5.74, 6) is 0. The van der Waals surface area contributed by atoms with Gasteiger partial charge in [0, 0.05) is 59.1 Å². The fraction of sp³-hybridized carbons (Fsp3) is 0.833. The summed E-state index contributed by atoms with van der Waals surface area (Å²) in [6.07, 6.45) is -6.48. The summed E-state index contributed by atoms with van der Waals surface area (Å²) in [5.41, 5.74) is 5.10. The van der Waals surface area contributed by atoms with E-state index in [2.05, 4.69) is 8.37 Å². The van der Waals surface area contributed by atoms with Crippen LogP contribution < -0.4 is 5.73 Å². The normalized spacial score (nSPS) is 17.3. The third kappa shape index (κ3) is 12.7. The van der Waals surface area contributed by atoms with Gasteiger partial charge in [-0.1, -0.05) is 0 Å². The number of aldehydes is 1. The van der Waals surface area contributed by atoms with Crippen molar-refractivity contribution < 1.29 is 49.3 Å². The Morgan fingerprint density at radius 2 is 1.50 bits per heavy atom. The molecule has 0 saturated heterocycles. The number of aliphatic hydroxyl groups is 2. The van der Waals surface area contributed by atoms with Crippen LogP contribution in [0.4, 0.5) is 0 Å². The molecule has 2 radical (unpaired) electrons. The molecular weight excluding hydrogens is 372 g/mol. The second-order valence-electron chi connectivity index (χ2n) is 3.47. The SMILES string of the molecule is N[C@@H](C=O)[C@@H](OS(=O)(=O)O)[C@H](O)[C@H](O)COS(=O)(=O)O.[Na].[Na]. The van der Waals surface area contributed by atoms with Crippen LogP contribution in [0.5, 0.6) is 0 Å². The first kappa shape index (κ1) is 28.1. The molecule has 0 aromatic carbocycles. The summed E-state index contributed by atoms with van der Waals surface area (Å²) in [5, 5.41) is 18.8. The summed E-state index contributed by atoms with van der Waals surface area (Å²) in [6, 6.07) is -1.77. The molecule has 0 aliphatic carbocycles. The number of carbonyl (C=O) groups is 1. The Labute approximate surface area is 170 Å². The molecule has 0 fully saturated rings. The van der Waals surface area contributed by atoms with Crippen LogP contribution in [0.3, 0.4) is 0 Å². The maximum atomic E-state index is 10.5. The average Bonchev–Trinajstić information content (AvgIpc) is 2.29. The Balaban J connectivity index is -0.00000180. The second-order valence-corrected chi connectivity index (χ2v) is 5.61. The molecule has 0 saturated carbocycles. The zero-order chi connectivity index (χ0) is 16.1. The molecule has 0 rings (SSSR count). The minimum Gasteiger partial charge on any atom is -0.388 e. The monoisotopic (exact) mass is 385 g/mol. The van der Waals surface area contributed by atoms with Crippen LogP contribution in [0.15, 0.2) is 0 Å². The topological polar surface area (TPSA) is 211 Å². The van der Waals surface area contributed by atoms with E-state index in [1.54, 1.807) is 0 Å². The van der Waals surface area contributed by atoms with Gasteiger partial charge in [-0.15, -0.1) is 0 Å². The number of hydrogen-bond donors (Lipinski definition) is 5. The van der Waals surface area contributed by atoms with Gasteiger partial charge in [0.1, 0.15) is 24.6 Å². The molecule has 12 nitrogen and oxygen atoms in total. The van der Waals surface area contributed by atoms with Crippen LogP contribution in [0.1, 0.15) is 0 Å². The molecule has 0 amide bonds. The first-order valence-electron chi connectivity index (χ1n) is 4.72. The van der Waals surface area contributed by atoms with E-state index in [0.29, 0.717) is 0 Å². The fourth-order valence-electron chi connectivity index (χ4n) is 1.04. The van der Waals surface area contributed by atoms with Gasteiger partial charge in [-0.2, -0.15) is 16.8 Å². The zero-order valence-corrected chi connectivity index (χ0v) is 17.3. The number of hydrogen-bond acceptors (Lipinski definition) is 10. The second kappa shape index (κ2) is 11.8. The molecule has 0 bridgehead atoms. The summed E-state index contributed by atoms with van der Waals surface area (Å²) in [7, 11) is -10.0. The smallest absolute Gasteiger partial charge is 0.388 e. The van der Waals surface area contributed by atoms with Gasteiger partial charge in [0.2, 0.25) is 0 Å². The third-order valence-electron chi connectivity index (χ3n) is 1.89. The minimum absolute atomic E-state index is 0. The van der Waals surface area contributed by atoms with Crippen molar-refractivity contribution in [2.45, 2.75) is 24.4 Å². The van der Waals surface area contributed by atoms with Crippen molar-refractivity contribution in [3.63, 3.8) is 0 Å². The maximum Gasteiger partial charge on any atom is 0.397 e. The Hall–Kier alpha value is 1.29. The Morgan fingerprint density at radius 1 is 1.05 bits per heavy atom. The molecule has 16 heteroatoms. The van der Waals surface area contributed by atoms with Gasteiger partial charge in [-0.05, 0) is 0 Å². The van der Waals surface area contributed by atoms with Gasteiger partial charge in [0.15, 0.2) is 0 Å². The quantitative estimate of drug-likeness (QED) is 0.144. The van der Waals surface area contributed by atoms with E-state index in [1.807, 2.05) is 0 Å². The Kier molecular flexibility index (Phi) is 15.0. The van der Waals surface area contributed by atoms with Crippen molar-refractivity contribution >= 4 is 86.2 Å². The molecule has 0 aliphatic rings. The van der Waals surface area contributed by atoms with Gasteiger partial charge in [0.25, 0.3) is 0 Å². The number of nitrogens with two attached hydrogens (primary N) is 1. The molecule has 122 valence electrons. The zero-order valence-electron chi connectivity index (χ0n) is 11.6. The van der Waals surface area contributed by atoms with Crippen molar-refractivity contribution in [3.8, 4) is 0 Å². The molecule has 6 N–H and O–H groups in total. The van der Waals surface area contributed by atoms with Crippen LogP contribution in [-0.2, 0) is 34.0 Å². The minimum atomic E-state index is -5.12. The molecule has 0 unspecified atom stereocenters. The standard InChI is InChI=1S/C6H13NO11S2.2Na/c7-3(1-8)6(18-20(14,15)16)5(10)4(9)2-17-19(11,12)13;;/h1,3-6,9-10H,2,7H2,(H,11,12,13)(H,14,15,16);;/t3-,4+,5+,6+;;/m0../s1. The maximum absolute atomic E-state index is 10.5. The number of aliphatic hydroxyl groups excluding tert-OH is 2. The first-order valence-corrected chi connectivity index (χ1v) is 7.45. The Morgan fingerprint density at radius 3 is 1.82 bits per heavy atom. The average molecular weight is 385 g/mol. The van der Waals surface area contributed by atoms with Gasteiger partial charge in [0.05, 0.1) is 12.6 Å². The van der Waals surface area contributed by atoms with E-state index in [0.717, 1.165) is 0 Å². The van der Waals surface area contributed by atoms with Crippen molar-refractivity contribution in [1.82, 2.24) is 0 Å². The molecule has 0 aromatic rings. The molecule has 0 aromatic heterocycles. The predicted molar refractivity (Wildman–Crippen MR) is 71.5 cm³/mol. The fourth-order valence-corrected chi connectivity index (χ4v) is 1.87.